The van der Waals surface area contributed by atoms with E-state index in [1.165, 1.54) is 38.5 Å². The first-order valence-electron chi connectivity index (χ1n) is 8.01. The summed E-state index contributed by atoms with van der Waals surface area (Å²) in [6.07, 6.45) is 7.56. The van der Waals surface area contributed by atoms with Crippen LogP contribution in [-0.2, 0) is 4.79 Å². The summed E-state index contributed by atoms with van der Waals surface area (Å²) in [5.74, 6) is 0.392. The number of carbonyl (C=O) groups is 1. The van der Waals surface area contributed by atoms with Gasteiger partial charge in [0.1, 0.15) is 0 Å². The van der Waals surface area contributed by atoms with Crippen LogP contribution in [-0.4, -0.2) is 60.0 Å². The third-order valence-electron chi connectivity index (χ3n) is 4.92. The number of hydrogen-bond donors (Lipinski definition) is 1. The molecular formula is C15H27N3O. The van der Waals surface area contributed by atoms with Gasteiger partial charge in [0.25, 0.3) is 0 Å². The van der Waals surface area contributed by atoms with Crippen molar-refractivity contribution < 1.29 is 4.79 Å². The van der Waals surface area contributed by atoms with Gasteiger partial charge >= 0.3 is 0 Å². The molecule has 1 atom stereocenters. The fraction of sp³-hybridized carbons (Fsp3) is 0.933. The predicted molar refractivity (Wildman–Crippen MR) is 76.0 cm³/mol. The highest BCUT2D eigenvalue weighted by Crippen LogP contribution is 2.34. The van der Waals surface area contributed by atoms with E-state index in [0.29, 0.717) is 30.6 Å². The summed E-state index contributed by atoms with van der Waals surface area (Å²) >= 11 is 0. The molecule has 1 heterocycles. The summed E-state index contributed by atoms with van der Waals surface area (Å²) in [5.41, 5.74) is 0. The van der Waals surface area contributed by atoms with Crippen LogP contribution >= 0.6 is 0 Å². The van der Waals surface area contributed by atoms with Crippen LogP contribution in [0.4, 0.5) is 0 Å². The van der Waals surface area contributed by atoms with E-state index in [0.717, 1.165) is 19.6 Å². The fourth-order valence-corrected chi connectivity index (χ4v) is 3.61. The molecule has 19 heavy (non-hydrogen) atoms. The van der Waals surface area contributed by atoms with Crippen molar-refractivity contribution in [1.29, 1.82) is 0 Å². The zero-order valence-corrected chi connectivity index (χ0v) is 12.1. The molecule has 3 rings (SSSR count). The lowest BCUT2D eigenvalue weighted by Crippen LogP contribution is -2.54. The lowest BCUT2D eigenvalue weighted by atomic mass is 10.1. The minimum Gasteiger partial charge on any atom is -0.336 e. The zero-order chi connectivity index (χ0) is 13.2. The molecule has 2 saturated carbocycles. The molecule has 0 aromatic carbocycles. The second-order valence-electron chi connectivity index (χ2n) is 6.49. The molecule has 1 N–H and O–H groups in total. The fourth-order valence-electron chi connectivity index (χ4n) is 3.61. The predicted octanol–water partition coefficient (Wildman–Crippen LogP) is 1.21. The topological polar surface area (TPSA) is 35.6 Å². The average molecular weight is 265 g/mol. The van der Waals surface area contributed by atoms with Crippen LogP contribution in [0.25, 0.3) is 0 Å². The van der Waals surface area contributed by atoms with Gasteiger partial charge in [-0.2, -0.15) is 0 Å². The Morgan fingerprint density at radius 3 is 2.53 bits per heavy atom. The van der Waals surface area contributed by atoms with Crippen molar-refractivity contribution in [3.05, 3.63) is 0 Å². The maximum absolute atomic E-state index is 12.7. The first kappa shape index (κ1) is 13.4. The number of nitrogens with one attached hydrogen (secondary N) is 1. The molecule has 4 nitrogen and oxygen atoms in total. The van der Waals surface area contributed by atoms with Crippen LogP contribution in [0, 0.1) is 0 Å². The van der Waals surface area contributed by atoms with E-state index in [1.54, 1.807) is 0 Å². The molecule has 2 aliphatic carbocycles. The Hall–Kier alpha value is -0.610. The zero-order valence-electron chi connectivity index (χ0n) is 12.1. The number of rotatable bonds is 4. The van der Waals surface area contributed by atoms with Crippen molar-refractivity contribution in [3.8, 4) is 0 Å². The maximum atomic E-state index is 12.7. The van der Waals surface area contributed by atoms with Crippen molar-refractivity contribution in [2.24, 2.45) is 0 Å². The Bertz CT molecular complexity index is 323. The van der Waals surface area contributed by atoms with Crippen molar-refractivity contribution in [2.45, 2.75) is 63.6 Å². The van der Waals surface area contributed by atoms with Crippen LogP contribution in [0.2, 0.25) is 0 Å². The summed E-state index contributed by atoms with van der Waals surface area (Å²) in [6, 6.07) is 1.62. The molecule has 4 heteroatoms. The van der Waals surface area contributed by atoms with Gasteiger partial charge in [0.2, 0.25) is 5.91 Å². The van der Waals surface area contributed by atoms with E-state index in [-0.39, 0.29) is 0 Å². The minimum absolute atomic E-state index is 0.392. The molecular weight excluding hydrogens is 238 g/mol. The van der Waals surface area contributed by atoms with Crippen LogP contribution in [0.3, 0.4) is 0 Å². The van der Waals surface area contributed by atoms with E-state index < -0.39 is 0 Å². The standard InChI is InChI=1S/C15H27N3O/c1-12-10-16-8-9-17(12)11-15(19)18(14-6-7-14)13-4-2-3-5-13/h12-14,16H,2-11H2,1H3/t12-/m1/s1. The van der Waals surface area contributed by atoms with E-state index in [2.05, 4.69) is 22.0 Å². The summed E-state index contributed by atoms with van der Waals surface area (Å²) < 4.78 is 0. The first-order valence-corrected chi connectivity index (χ1v) is 8.01. The third-order valence-corrected chi connectivity index (χ3v) is 4.92. The van der Waals surface area contributed by atoms with Gasteiger partial charge in [-0.1, -0.05) is 12.8 Å². The number of hydrogen-bond acceptors (Lipinski definition) is 3. The number of carbonyl (C=O) groups excluding carboxylic acids is 1. The van der Waals surface area contributed by atoms with Crippen molar-refractivity contribution >= 4 is 5.91 Å². The maximum Gasteiger partial charge on any atom is 0.237 e. The minimum atomic E-state index is 0.392. The third kappa shape index (κ3) is 3.11. The van der Waals surface area contributed by atoms with Gasteiger partial charge in [0.15, 0.2) is 0 Å². The van der Waals surface area contributed by atoms with Gasteiger partial charge < -0.3 is 10.2 Å². The van der Waals surface area contributed by atoms with Gasteiger partial charge in [-0.05, 0) is 32.6 Å². The summed E-state index contributed by atoms with van der Waals surface area (Å²) in [7, 11) is 0. The molecule has 1 aliphatic heterocycles. The van der Waals surface area contributed by atoms with Crippen molar-refractivity contribution in [3.63, 3.8) is 0 Å². The van der Waals surface area contributed by atoms with Crippen molar-refractivity contribution in [1.82, 2.24) is 15.1 Å². The van der Waals surface area contributed by atoms with Crippen LogP contribution < -0.4 is 5.32 Å². The highest BCUT2D eigenvalue weighted by atomic mass is 16.2. The Kier molecular flexibility index (Phi) is 4.08. The van der Waals surface area contributed by atoms with Crippen LogP contribution in [0.1, 0.15) is 45.4 Å². The van der Waals surface area contributed by atoms with Gasteiger partial charge in [-0.25, -0.2) is 0 Å². The lowest BCUT2D eigenvalue weighted by molar-refractivity contribution is -0.136. The second kappa shape index (κ2) is 5.80. The van der Waals surface area contributed by atoms with E-state index >= 15 is 0 Å². The Labute approximate surface area is 116 Å². The quantitative estimate of drug-likeness (QED) is 0.830. The highest BCUT2D eigenvalue weighted by molar-refractivity contribution is 5.79. The smallest absolute Gasteiger partial charge is 0.237 e. The Balaban J connectivity index is 1.60. The largest absolute Gasteiger partial charge is 0.336 e. The molecule has 3 aliphatic rings. The number of amides is 1. The monoisotopic (exact) mass is 265 g/mol. The van der Waals surface area contributed by atoms with Crippen molar-refractivity contribution in [2.75, 3.05) is 26.2 Å². The summed E-state index contributed by atoms with van der Waals surface area (Å²) in [4.78, 5) is 17.3. The molecule has 1 amide bonds. The van der Waals surface area contributed by atoms with Gasteiger partial charge in [-0.3, -0.25) is 9.69 Å². The van der Waals surface area contributed by atoms with Crippen LogP contribution in [0.15, 0.2) is 0 Å². The summed E-state index contributed by atoms with van der Waals surface area (Å²) in [5, 5.41) is 3.39. The molecule has 0 spiro atoms. The molecule has 0 aromatic rings. The van der Waals surface area contributed by atoms with E-state index in [4.69, 9.17) is 0 Å². The first-order chi connectivity index (χ1) is 9.25. The molecule has 1 saturated heterocycles. The molecule has 3 fully saturated rings. The van der Waals surface area contributed by atoms with E-state index in [1.807, 2.05) is 0 Å². The van der Waals surface area contributed by atoms with Gasteiger partial charge in [0, 0.05) is 37.8 Å². The molecule has 0 unspecified atom stereocenters. The summed E-state index contributed by atoms with van der Waals surface area (Å²) in [6.45, 7) is 5.90. The SMILES string of the molecule is C[C@@H]1CNCCN1CC(=O)N(C1CCCC1)C1CC1. The second-order valence-corrected chi connectivity index (χ2v) is 6.49. The molecule has 0 aromatic heterocycles. The molecule has 108 valence electrons. The normalized spacial score (nSPS) is 29.6. The molecule has 0 bridgehead atoms. The van der Waals surface area contributed by atoms with Crippen LogP contribution in [0.5, 0.6) is 0 Å². The number of nitrogens with zero attached hydrogens (tertiary/aromatic N) is 2. The number of piperazine rings is 1. The Morgan fingerprint density at radius 2 is 1.89 bits per heavy atom. The Morgan fingerprint density at radius 1 is 1.21 bits per heavy atom. The van der Waals surface area contributed by atoms with Gasteiger partial charge in [-0.15, -0.1) is 0 Å². The lowest BCUT2D eigenvalue weighted by Gasteiger charge is -2.36. The van der Waals surface area contributed by atoms with Gasteiger partial charge in [0.05, 0.1) is 6.54 Å². The van der Waals surface area contributed by atoms with E-state index in [9.17, 15) is 4.79 Å². The highest BCUT2D eigenvalue weighted by Gasteiger charge is 2.38. The molecule has 0 radical (unpaired) electrons. The average Bonchev–Trinajstić information content (AvgIpc) is 3.07.